The maximum absolute atomic E-state index is 12.2. The van der Waals surface area contributed by atoms with Crippen molar-refractivity contribution in [3.8, 4) is 10.6 Å². The van der Waals surface area contributed by atoms with Crippen molar-refractivity contribution >= 4 is 29.7 Å². The lowest BCUT2D eigenvalue weighted by molar-refractivity contribution is 0.0923. The fraction of sp³-hybridized carbons (Fsp3) is 0.375. The van der Waals surface area contributed by atoms with Crippen LogP contribution in [0.2, 0.25) is 0 Å². The number of rotatable bonds is 4. The topological polar surface area (TPSA) is 74.2 Å². The molecule has 0 spiro atoms. The Morgan fingerprint density at radius 3 is 2.91 bits per heavy atom. The van der Waals surface area contributed by atoms with Gasteiger partial charge in [0.2, 0.25) is 0 Å². The second kappa shape index (κ2) is 7.88. The van der Waals surface area contributed by atoms with Crippen molar-refractivity contribution in [2.24, 2.45) is 5.92 Å². The van der Waals surface area contributed by atoms with Gasteiger partial charge >= 0.3 is 0 Å². The predicted molar refractivity (Wildman–Crippen MR) is 94.2 cm³/mol. The molecule has 0 aliphatic carbocycles. The van der Waals surface area contributed by atoms with Crippen LogP contribution in [-0.2, 0) is 0 Å². The number of nitrogens with zero attached hydrogens (tertiary/aromatic N) is 1. The summed E-state index contributed by atoms with van der Waals surface area (Å²) in [6.45, 7) is 3.82. The van der Waals surface area contributed by atoms with E-state index in [2.05, 4.69) is 15.6 Å². The number of carbonyl (C=O) groups is 1. The van der Waals surface area contributed by atoms with E-state index >= 15 is 0 Å². The number of aryl methyl sites for hydroxylation is 1. The van der Waals surface area contributed by atoms with Crippen LogP contribution in [0.25, 0.3) is 10.6 Å². The average Bonchev–Trinajstić information content (AvgIpc) is 3.14. The van der Waals surface area contributed by atoms with Crippen molar-refractivity contribution in [2.75, 3.05) is 19.6 Å². The zero-order valence-corrected chi connectivity index (χ0v) is 14.4. The first-order valence-corrected chi connectivity index (χ1v) is 8.21. The number of aromatic nitrogens is 1. The minimum absolute atomic E-state index is 0. The van der Waals surface area contributed by atoms with Crippen LogP contribution in [0.15, 0.2) is 29.6 Å². The largest absolute Gasteiger partial charge is 0.391 e. The number of nitrogens with one attached hydrogen (secondary N) is 2. The van der Waals surface area contributed by atoms with Gasteiger partial charge in [0.15, 0.2) is 0 Å². The molecule has 1 aliphatic rings. The Hall–Kier alpha value is -1.47. The van der Waals surface area contributed by atoms with Crippen molar-refractivity contribution in [2.45, 2.75) is 13.0 Å². The molecule has 2 heterocycles. The first-order chi connectivity index (χ1) is 10.6. The molecule has 1 amide bonds. The van der Waals surface area contributed by atoms with Gasteiger partial charge in [0.05, 0.1) is 6.10 Å². The van der Waals surface area contributed by atoms with Crippen molar-refractivity contribution in [3.05, 3.63) is 40.9 Å². The molecule has 0 saturated carbocycles. The van der Waals surface area contributed by atoms with E-state index in [-0.39, 0.29) is 24.2 Å². The molecule has 2 unspecified atom stereocenters. The maximum Gasteiger partial charge on any atom is 0.270 e. The number of carbonyl (C=O) groups excluding carboxylic acids is 1. The molecule has 1 aliphatic heterocycles. The second-order valence-electron chi connectivity index (χ2n) is 5.55. The third-order valence-electron chi connectivity index (χ3n) is 3.94. The van der Waals surface area contributed by atoms with E-state index in [4.69, 9.17) is 0 Å². The lowest BCUT2D eigenvalue weighted by Crippen LogP contribution is -2.34. The van der Waals surface area contributed by atoms with Gasteiger partial charge in [-0.3, -0.25) is 4.79 Å². The maximum atomic E-state index is 12.2. The van der Waals surface area contributed by atoms with Crippen LogP contribution >= 0.6 is 23.7 Å². The summed E-state index contributed by atoms with van der Waals surface area (Å²) in [6.07, 6.45) is -0.390. The summed E-state index contributed by atoms with van der Waals surface area (Å²) in [5.74, 6) is -0.117. The van der Waals surface area contributed by atoms with Crippen LogP contribution < -0.4 is 10.6 Å². The van der Waals surface area contributed by atoms with Gasteiger partial charge in [-0.25, -0.2) is 4.98 Å². The summed E-state index contributed by atoms with van der Waals surface area (Å²) in [6, 6.07) is 8.00. The zero-order valence-electron chi connectivity index (χ0n) is 12.8. The fourth-order valence-corrected chi connectivity index (χ4v) is 3.45. The lowest BCUT2D eigenvalue weighted by Gasteiger charge is -2.13. The summed E-state index contributed by atoms with van der Waals surface area (Å²) >= 11 is 1.47. The molecule has 2 aromatic rings. The summed E-state index contributed by atoms with van der Waals surface area (Å²) in [7, 11) is 0. The van der Waals surface area contributed by atoms with E-state index in [9.17, 15) is 9.90 Å². The summed E-state index contributed by atoms with van der Waals surface area (Å²) in [5, 5.41) is 18.3. The molecule has 2 atom stereocenters. The van der Waals surface area contributed by atoms with Crippen molar-refractivity contribution in [3.63, 3.8) is 0 Å². The monoisotopic (exact) mass is 353 g/mol. The molecular weight excluding hydrogens is 334 g/mol. The molecule has 1 aromatic heterocycles. The van der Waals surface area contributed by atoms with E-state index in [0.717, 1.165) is 22.7 Å². The first kappa shape index (κ1) is 17.9. The van der Waals surface area contributed by atoms with E-state index in [1.807, 2.05) is 31.2 Å². The molecular formula is C16H20ClN3O2S. The second-order valence-corrected chi connectivity index (χ2v) is 6.41. The lowest BCUT2D eigenvalue weighted by atomic mass is 10.1. The van der Waals surface area contributed by atoms with Crippen LogP contribution in [0.1, 0.15) is 16.1 Å². The third-order valence-corrected chi connectivity index (χ3v) is 4.82. The van der Waals surface area contributed by atoms with E-state index in [0.29, 0.717) is 18.8 Å². The highest BCUT2D eigenvalue weighted by atomic mass is 35.5. The highest BCUT2D eigenvalue weighted by Crippen LogP contribution is 2.26. The fourth-order valence-electron chi connectivity index (χ4n) is 2.56. The molecule has 1 fully saturated rings. The van der Waals surface area contributed by atoms with E-state index in [1.165, 1.54) is 11.3 Å². The van der Waals surface area contributed by atoms with Crippen molar-refractivity contribution in [1.82, 2.24) is 15.6 Å². The zero-order chi connectivity index (χ0) is 15.5. The Balaban J connectivity index is 0.00000192. The molecule has 5 nitrogen and oxygen atoms in total. The Labute approximate surface area is 145 Å². The SMILES string of the molecule is Cc1ccccc1-c1nc(C(=O)NCC2CNCC2O)cs1.Cl. The van der Waals surface area contributed by atoms with Gasteiger partial charge in [0.25, 0.3) is 5.91 Å². The average molecular weight is 354 g/mol. The van der Waals surface area contributed by atoms with Crippen LogP contribution in [-0.4, -0.2) is 41.7 Å². The number of aliphatic hydroxyl groups is 1. The minimum atomic E-state index is -0.390. The number of aliphatic hydroxyl groups excluding tert-OH is 1. The number of hydrogen-bond acceptors (Lipinski definition) is 5. The summed E-state index contributed by atoms with van der Waals surface area (Å²) in [5.41, 5.74) is 2.63. The number of benzene rings is 1. The van der Waals surface area contributed by atoms with Crippen LogP contribution in [0, 0.1) is 12.8 Å². The minimum Gasteiger partial charge on any atom is -0.391 e. The quantitative estimate of drug-likeness (QED) is 0.784. The normalized spacial score (nSPS) is 20.1. The Kier molecular flexibility index (Phi) is 6.12. The number of amides is 1. The van der Waals surface area contributed by atoms with Crippen LogP contribution in [0.5, 0.6) is 0 Å². The number of halogens is 1. The number of thiazole rings is 1. The smallest absolute Gasteiger partial charge is 0.270 e. The molecule has 0 bridgehead atoms. The Morgan fingerprint density at radius 1 is 1.43 bits per heavy atom. The third kappa shape index (κ3) is 4.09. The molecule has 124 valence electrons. The van der Waals surface area contributed by atoms with Crippen molar-refractivity contribution < 1.29 is 9.90 Å². The Bertz CT molecular complexity index is 677. The van der Waals surface area contributed by atoms with Crippen LogP contribution in [0.4, 0.5) is 0 Å². The number of β-amino-alcohol motifs (C(OH)–C–C–N with tert-alkyl or cyclic N) is 1. The molecule has 1 saturated heterocycles. The van der Waals surface area contributed by atoms with Crippen LogP contribution in [0.3, 0.4) is 0 Å². The van der Waals surface area contributed by atoms with E-state index < -0.39 is 6.10 Å². The van der Waals surface area contributed by atoms with Crippen molar-refractivity contribution in [1.29, 1.82) is 0 Å². The molecule has 1 aromatic carbocycles. The highest BCUT2D eigenvalue weighted by Gasteiger charge is 2.25. The summed E-state index contributed by atoms with van der Waals surface area (Å²) in [4.78, 5) is 16.6. The molecule has 0 radical (unpaired) electrons. The summed E-state index contributed by atoms with van der Waals surface area (Å²) < 4.78 is 0. The van der Waals surface area contributed by atoms with Gasteiger partial charge in [-0.2, -0.15) is 0 Å². The molecule has 3 N–H and O–H groups in total. The van der Waals surface area contributed by atoms with Gasteiger partial charge in [0.1, 0.15) is 10.7 Å². The highest BCUT2D eigenvalue weighted by molar-refractivity contribution is 7.13. The van der Waals surface area contributed by atoms with Gasteiger partial charge in [-0.15, -0.1) is 23.7 Å². The standard InChI is InChI=1S/C16H19N3O2S.ClH/c1-10-4-2-3-5-12(10)16-19-13(9-22-16)15(21)18-7-11-6-17-8-14(11)20;/h2-5,9,11,14,17,20H,6-8H2,1H3,(H,18,21);1H. The molecule has 23 heavy (non-hydrogen) atoms. The van der Waals surface area contributed by atoms with E-state index in [1.54, 1.807) is 5.38 Å². The Morgan fingerprint density at radius 2 is 2.22 bits per heavy atom. The van der Waals surface area contributed by atoms with Gasteiger partial charge in [-0.05, 0) is 12.5 Å². The van der Waals surface area contributed by atoms with Gasteiger partial charge in [0, 0.05) is 36.5 Å². The molecule has 3 rings (SSSR count). The molecule has 7 heteroatoms. The number of hydrogen-bond donors (Lipinski definition) is 3. The van der Waals surface area contributed by atoms with Gasteiger partial charge < -0.3 is 15.7 Å². The predicted octanol–water partition coefficient (Wildman–Crippen LogP) is 1.85. The first-order valence-electron chi connectivity index (χ1n) is 7.33. The van der Waals surface area contributed by atoms with Gasteiger partial charge in [-0.1, -0.05) is 24.3 Å².